The molecule has 1 aromatic rings. The number of piperidine rings is 1. The van der Waals surface area contributed by atoms with Gasteiger partial charge in [0.05, 0.1) is 12.3 Å². The summed E-state index contributed by atoms with van der Waals surface area (Å²) in [6.07, 6.45) is 3.00. The highest BCUT2D eigenvalue weighted by atomic mass is 32.2. The number of rotatable bonds is 4. The topological polar surface area (TPSA) is 88.3 Å². The van der Waals surface area contributed by atoms with Crippen LogP contribution in [-0.4, -0.2) is 48.8 Å². The molecule has 2 heterocycles. The molecule has 0 amide bonds. The summed E-state index contributed by atoms with van der Waals surface area (Å²) in [6.45, 7) is 5.35. The fraction of sp³-hybridized carbons (Fsp3) is 0.818. The molecule has 19 heavy (non-hydrogen) atoms. The van der Waals surface area contributed by atoms with E-state index in [-0.39, 0.29) is 12.1 Å². The van der Waals surface area contributed by atoms with Gasteiger partial charge >= 0.3 is 0 Å². The van der Waals surface area contributed by atoms with E-state index in [4.69, 9.17) is 4.52 Å². The number of sulfonamides is 1. The summed E-state index contributed by atoms with van der Waals surface area (Å²) in [5, 5.41) is 3.79. The summed E-state index contributed by atoms with van der Waals surface area (Å²) in [5.74, 6) is 1.20. The highest BCUT2D eigenvalue weighted by molar-refractivity contribution is 7.88. The van der Waals surface area contributed by atoms with Crippen molar-refractivity contribution in [1.82, 2.24) is 19.8 Å². The molecule has 0 saturated carbocycles. The fourth-order valence-corrected chi connectivity index (χ4v) is 3.19. The second-order valence-corrected chi connectivity index (χ2v) is 6.86. The normalized spacial score (nSPS) is 23.4. The van der Waals surface area contributed by atoms with Gasteiger partial charge in [0.2, 0.25) is 15.9 Å². The Bertz CT molecular complexity index is 528. The molecule has 0 spiro atoms. The van der Waals surface area contributed by atoms with E-state index in [2.05, 4.69) is 19.8 Å². The van der Waals surface area contributed by atoms with Gasteiger partial charge in [0.25, 0.3) is 0 Å². The van der Waals surface area contributed by atoms with Crippen molar-refractivity contribution in [3.05, 3.63) is 11.7 Å². The van der Waals surface area contributed by atoms with Crippen LogP contribution in [0.25, 0.3) is 0 Å². The van der Waals surface area contributed by atoms with Crippen molar-refractivity contribution in [2.75, 3.05) is 19.3 Å². The van der Waals surface area contributed by atoms with Crippen molar-refractivity contribution < 1.29 is 12.9 Å². The molecule has 1 aliphatic rings. The Kier molecular flexibility index (Phi) is 4.22. The quantitative estimate of drug-likeness (QED) is 0.865. The maximum atomic E-state index is 11.3. The molecule has 0 radical (unpaired) electrons. The van der Waals surface area contributed by atoms with Gasteiger partial charge in [0.15, 0.2) is 5.82 Å². The second kappa shape index (κ2) is 5.56. The Hall–Kier alpha value is -0.990. The van der Waals surface area contributed by atoms with Crippen LogP contribution >= 0.6 is 0 Å². The van der Waals surface area contributed by atoms with Gasteiger partial charge in [-0.1, -0.05) is 5.16 Å². The van der Waals surface area contributed by atoms with Gasteiger partial charge in [-0.3, -0.25) is 4.90 Å². The standard InChI is InChI=1S/C11H20N4O3S/c1-8(11-12-9(2)13-18-11)15-6-4-5-10(7-15)14-19(3,16)17/h8,10,14H,4-7H2,1-3H3/t8-,10+/m1/s1. The third-order valence-electron chi connectivity index (χ3n) is 3.28. The lowest BCUT2D eigenvalue weighted by atomic mass is 10.0. The van der Waals surface area contributed by atoms with Crippen LogP contribution in [0.15, 0.2) is 4.52 Å². The molecule has 1 aliphatic heterocycles. The third-order valence-corrected chi connectivity index (χ3v) is 4.04. The van der Waals surface area contributed by atoms with Crippen LogP contribution in [0.5, 0.6) is 0 Å². The van der Waals surface area contributed by atoms with Crippen LogP contribution in [0.3, 0.4) is 0 Å². The summed E-state index contributed by atoms with van der Waals surface area (Å²) in [7, 11) is -3.16. The van der Waals surface area contributed by atoms with Crippen molar-refractivity contribution in [3.8, 4) is 0 Å². The van der Waals surface area contributed by atoms with Crippen molar-refractivity contribution in [1.29, 1.82) is 0 Å². The van der Waals surface area contributed by atoms with E-state index in [9.17, 15) is 8.42 Å². The van der Waals surface area contributed by atoms with Gasteiger partial charge in [0, 0.05) is 12.6 Å². The zero-order valence-corrected chi connectivity index (χ0v) is 12.3. The second-order valence-electron chi connectivity index (χ2n) is 5.08. The summed E-state index contributed by atoms with van der Waals surface area (Å²) < 4.78 is 30.4. The Morgan fingerprint density at radius 3 is 2.84 bits per heavy atom. The van der Waals surface area contributed by atoms with Crippen LogP contribution in [0.2, 0.25) is 0 Å². The Morgan fingerprint density at radius 1 is 1.53 bits per heavy atom. The van der Waals surface area contributed by atoms with Crippen LogP contribution in [0, 0.1) is 6.92 Å². The van der Waals surface area contributed by atoms with E-state index in [0.717, 1.165) is 19.4 Å². The highest BCUT2D eigenvalue weighted by Crippen LogP contribution is 2.23. The zero-order valence-electron chi connectivity index (χ0n) is 11.5. The summed E-state index contributed by atoms with van der Waals surface area (Å²) in [6, 6.07) is -0.0411. The summed E-state index contributed by atoms with van der Waals surface area (Å²) in [5.41, 5.74) is 0. The van der Waals surface area contributed by atoms with Gasteiger partial charge in [-0.15, -0.1) is 0 Å². The molecule has 0 aliphatic carbocycles. The van der Waals surface area contributed by atoms with E-state index < -0.39 is 10.0 Å². The third kappa shape index (κ3) is 3.99. The van der Waals surface area contributed by atoms with Gasteiger partial charge < -0.3 is 4.52 Å². The molecular formula is C11H20N4O3S. The van der Waals surface area contributed by atoms with Gasteiger partial charge in [0.1, 0.15) is 0 Å². The number of hydrogen-bond donors (Lipinski definition) is 1. The molecule has 8 heteroatoms. The SMILES string of the molecule is Cc1noc([C@@H](C)N2CCC[C@H](NS(C)(=O)=O)C2)n1. The first-order chi connectivity index (χ1) is 8.85. The average molecular weight is 288 g/mol. The molecule has 7 nitrogen and oxygen atoms in total. The number of aromatic nitrogens is 2. The minimum Gasteiger partial charge on any atom is -0.338 e. The monoisotopic (exact) mass is 288 g/mol. The van der Waals surface area contributed by atoms with Crippen molar-refractivity contribution in [2.45, 2.75) is 38.8 Å². The molecule has 1 aromatic heterocycles. The number of hydrogen-bond acceptors (Lipinski definition) is 6. The minimum atomic E-state index is -3.16. The maximum absolute atomic E-state index is 11.3. The first kappa shape index (κ1) is 14.4. The molecule has 2 rings (SSSR count). The van der Waals surface area contributed by atoms with E-state index in [1.165, 1.54) is 6.26 Å². The van der Waals surface area contributed by atoms with Gasteiger partial charge in [-0.05, 0) is 33.2 Å². The predicted octanol–water partition coefficient (Wildman–Crippen LogP) is 0.453. The van der Waals surface area contributed by atoms with Crippen LogP contribution in [0.1, 0.15) is 37.5 Å². The smallest absolute Gasteiger partial charge is 0.243 e. The Balaban J connectivity index is 2.01. The number of nitrogens with zero attached hydrogens (tertiary/aromatic N) is 3. The van der Waals surface area contributed by atoms with Crippen molar-refractivity contribution >= 4 is 10.0 Å². The Morgan fingerprint density at radius 2 is 2.26 bits per heavy atom. The number of nitrogens with one attached hydrogen (secondary N) is 1. The first-order valence-corrected chi connectivity index (χ1v) is 8.26. The molecule has 0 unspecified atom stereocenters. The number of likely N-dealkylation sites (tertiary alicyclic amines) is 1. The fourth-order valence-electron chi connectivity index (χ4n) is 2.40. The molecule has 2 atom stereocenters. The lowest BCUT2D eigenvalue weighted by Crippen LogP contribution is -2.48. The lowest BCUT2D eigenvalue weighted by molar-refractivity contribution is 0.130. The van der Waals surface area contributed by atoms with E-state index >= 15 is 0 Å². The average Bonchev–Trinajstić information content (AvgIpc) is 2.73. The summed E-state index contributed by atoms with van der Waals surface area (Å²) >= 11 is 0. The summed E-state index contributed by atoms with van der Waals surface area (Å²) in [4.78, 5) is 6.39. The lowest BCUT2D eigenvalue weighted by Gasteiger charge is -2.35. The molecule has 0 aromatic carbocycles. The molecule has 1 fully saturated rings. The van der Waals surface area contributed by atoms with Gasteiger partial charge in [-0.25, -0.2) is 13.1 Å². The molecular weight excluding hydrogens is 268 g/mol. The van der Waals surface area contributed by atoms with Crippen molar-refractivity contribution in [2.24, 2.45) is 0 Å². The minimum absolute atomic E-state index is 0.00496. The first-order valence-electron chi connectivity index (χ1n) is 6.37. The number of aryl methyl sites for hydroxylation is 1. The predicted molar refractivity (Wildman–Crippen MR) is 70.0 cm³/mol. The zero-order chi connectivity index (χ0) is 14.0. The van der Waals surface area contributed by atoms with Crippen LogP contribution in [0.4, 0.5) is 0 Å². The molecule has 108 valence electrons. The van der Waals surface area contributed by atoms with E-state index in [1.54, 1.807) is 6.92 Å². The molecule has 1 saturated heterocycles. The van der Waals surface area contributed by atoms with Gasteiger partial charge in [-0.2, -0.15) is 4.98 Å². The molecule has 1 N–H and O–H groups in total. The van der Waals surface area contributed by atoms with E-state index in [1.807, 2.05) is 6.92 Å². The van der Waals surface area contributed by atoms with Crippen LogP contribution < -0.4 is 4.72 Å². The maximum Gasteiger partial charge on any atom is 0.243 e. The molecule has 0 bridgehead atoms. The largest absolute Gasteiger partial charge is 0.338 e. The Labute approximate surface area is 113 Å². The highest BCUT2D eigenvalue weighted by Gasteiger charge is 2.28. The van der Waals surface area contributed by atoms with E-state index in [0.29, 0.717) is 18.3 Å². The van der Waals surface area contributed by atoms with Crippen LogP contribution in [-0.2, 0) is 10.0 Å². The van der Waals surface area contributed by atoms with Crippen molar-refractivity contribution in [3.63, 3.8) is 0 Å².